The molecule has 3 rings (SSSR count). The van der Waals surface area contributed by atoms with Gasteiger partial charge in [0, 0.05) is 9.89 Å². The number of hydrogen-bond acceptors (Lipinski definition) is 2. The molecule has 1 saturated heterocycles. The summed E-state index contributed by atoms with van der Waals surface area (Å²) in [4.78, 5) is 0. The zero-order valence-electron chi connectivity index (χ0n) is 12.2. The molecule has 2 aromatic rings. The third kappa shape index (κ3) is 2.85. The highest BCUT2D eigenvalue weighted by atomic mass is 79.9. The highest BCUT2D eigenvalue weighted by Gasteiger charge is 2.35. The third-order valence-corrected chi connectivity index (χ3v) is 5.03. The van der Waals surface area contributed by atoms with Crippen molar-refractivity contribution in [2.24, 2.45) is 0 Å². The molecule has 0 bridgehead atoms. The van der Waals surface area contributed by atoms with Gasteiger partial charge in [-0.25, -0.2) is 0 Å². The number of halogens is 1. The van der Waals surface area contributed by atoms with Gasteiger partial charge in [0.2, 0.25) is 0 Å². The standard InChI is InChI=1S/C18H20BrNO/c1-21-17-8-4-15(5-9-17)18(10-12-20-13-11-18)14-2-6-16(19)7-3-14/h2-9,20H,10-13H2,1H3. The molecule has 3 heteroatoms. The van der Waals surface area contributed by atoms with Gasteiger partial charge >= 0.3 is 0 Å². The predicted molar refractivity (Wildman–Crippen MR) is 90.0 cm³/mol. The van der Waals surface area contributed by atoms with Gasteiger partial charge in [-0.05, 0) is 61.3 Å². The van der Waals surface area contributed by atoms with E-state index < -0.39 is 0 Å². The molecule has 0 atom stereocenters. The summed E-state index contributed by atoms with van der Waals surface area (Å²) in [7, 11) is 1.71. The summed E-state index contributed by atoms with van der Waals surface area (Å²) < 4.78 is 6.42. The van der Waals surface area contributed by atoms with E-state index >= 15 is 0 Å². The minimum atomic E-state index is 0.109. The molecule has 0 aliphatic carbocycles. The molecule has 1 heterocycles. The van der Waals surface area contributed by atoms with Gasteiger partial charge in [0.25, 0.3) is 0 Å². The lowest BCUT2D eigenvalue weighted by atomic mass is 9.68. The van der Waals surface area contributed by atoms with Crippen LogP contribution in [0.4, 0.5) is 0 Å². The van der Waals surface area contributed by atoms with Crippen LogP contribution in [-0.4, -0.2) is 20.2 Å². The van der Waals surface area contributed by atoms with Crippen LogP contribution < -0.4 is 10.1 Å². The molecule has 1 fully saturated rings. The maximum atomic E-state index is 5.29. The molecule has 1 N–H and O–H groups in total. The number of methoxy groups -OCH3 is 1. The van der Waals surface area contributed by atoms with Gasteiger partial charge in [-0.3, -0.25) is 0 Å². The number of nitrogens with one attached hydrogen (secondary N) is 1. The van der Waals surface area contributed by atoms with Crippen LogP contribution in [0.25, 0.3) is 0 Å². The fourth-order valence-electron chi connectivity index (χ4n) is 3.28. The van der Waals surface area contributed by atoms with E-state index in [2.05, 4.69) is 69.8 Å². The van der Waals surface area contributed by atoms with Crippen molar-refractivity contribution >= 4 is 15.9 Å². The predicted octanol–water partition coefficient (Wildman–Crippen LogP) is 4.13. The van der Waals surface area contributed by atoms with Crippen molar-refractivity contribution in [3.8, 4) is 5.75 Å². The lowest BCUT2D eigenvalue weighted by molar-refractivity contribution is 0.361. The van der Waals surface area contributed by atoms with Crippen LogP contribution in [-0.2, 0) is 5.41 Å². The van der Waals surface area contributed by atoms with Crippen LogP contribution in [0.5, 0.6) is 5.75 Å². The first-order chi connectivity index (χ1) is 10.2. The van der Waals surface area contributed by atoms with E-state index in [1.807, 2.05) is 0 Å². The lowest BCUT2D eigenvalue weighted by Crippen LogP contribution is -2.40. The zero-order chi connectivity index (χ0) is 14.7. The number of hydrogen-bond donors (Lipinski definition) is 1. The summed E-state index contributed by atoms with van der Waals surface area (Å²) in [6, 6.07) is 17.3. The third-order valence-electron chi connectivity index (χ3n) is 4.50. The van der Waals surface area contributed by atoms with E-state index in [0.717, 1.165) is 36.2 Å². The van der Waals surface area contributed by atoms with E-state index in [4.69, 9.17) is 4.74 Å². The topological polar surface area (TPSA) is 21.3 Å². The molecule has 1 aliphatic heterocycles. The Morgan fingerprint density at radius 3 is 1.95 bits per heavy atom. The summed E-state index contributed by atoms with van der Waals surface area (Å²) in [5.41, 5.74) is 2.89. The summed E-state index contributed by atoms with van der Waals surface area (Å²) in [5.74, 6) is 0.915. The van der Waals surface area contributed by atoms with Gasteiger partial charge in [-0.1, -0.05) is 40.2 Å². The molecule has 0 saturated carbocycles. The number of benzene rings is 2. The van der Waals surface area contributed by atoms with Crippen LogP contribution in [0.15, 0.2) is 53.0 Å². The number of ether oxygens (including phenoxy) is 1. The highest BCUT2D eigenvalue weighted by molar-refractivity contribution is 9.10. The molecular weight excluding hydrogens is 326 g/mol. The summed E-state index contributed by atoms with van der Waals surface area (Å²) in [5, 5.41) is 3.48. The van der Waals surface area contributed by atoms with Gasteiger partial charge in [-0.15, -0.1) is 0 Å². The second kappa shape index (κ2) is 6.20. The van der Waals surface area contributed by atoms with Gasteiger partial charge in [0.1, 0.15) is 5.75 Å². The Morgan fingerprint density at radius 1 is 0.905 bits per heavy atom. The lowest BCUT2D eigenvalue weighted by Gasteiger charge is -2.39. The first-order valence-electron chi connectivity index (χ1n) is 7.36. The molecule has 110 valence electrons. The first-order valence-corrected chi connectivity index (χ1v) is 8.15. The summed E-state index contributed by atoms with van der Waals surface area (Å²) >= 11 is 3.53. The van der Waals surface area contributed by atoms with E-state index in [9.17, 15) is 0 Å². The largest absolute Gasteiger partial charge is 0.497 e. The Kier molecular flexibility index (Phi) is 4.32. The van der Waals surface area contributed by atoms with Crippen LogP contribution in [0, 0.1) is 0 Å². The molecule has 2 nitrogen and oxygen atoms in total. The fourth-order valence-corrected chi connectivity index (χ4v) is 3.54. The molecule has 0 radical (unpaired) electrons. The minimum Gasteiger partial charge on any atom is -0.497 e. The SMILES string of the molecule is COc1ccc(C2(c3ccc(Br)cc3)CCNCC2)cc1. The van der Waals surface area contributed by atoms with E-state index in [-0.39, 0.29) is 5.41 Å². The quantitative estimate of drug-likeness (QED) is 0.902. The zero-order valence-corrected chi connectivity index (χ0v) is 13.8. The average Bonchev–Trinajstić information content (AvgIpc) is 2.56. The van der Waals surface area contributed by atoms with Crippen LogP contribution >= 0.6 is 15.9 Å². The normalized spacial score (nSPS) is 17.4. The van der Waals surface area contributed by atoms with Gasteiger partial charge in [0.15, 0.2) is 0 Å². The Morgan fingerprint density at radius 2 is 1.43 bits per heavy atom. The second-order valence-electron chi connectivity index (χ2n) is 5.57. The molecular formula is C18H20BrNO. The number of piperidine rings is 1. The first kappa shape index (κ1) is 14.6. The average molecular weight is 346 g/mol. The molecule has 0 amide bonds. The molecule has 2 aromatic carbocycles. The van der Waals surface area contributed by atoms with Crippen molar-refractivity contribution in [3.05, 3.63) is 64.1 Å². The number of rotatable bonds is 3. The molecule has 0 aromatic heterocycles. The van der Waals surface area contributed by atoms with E-state index in [1.54, 1.807) is 7.11 Å². The van der Waals surface area contributed by atoms with Crippen molar-refractivity contribution in [2.45, 2.75) is 18.3 Å². The van der Waals surface area contributed by atoms with Crippen LogP contribution in [0.3, 0.4) is 0 Å². The van der Waals surface area contributed by atoms with E-state index in [1.165, 1.54) is 11.1 Å². The van der Waals surface area contributed by atoms with Crippen molar-refractivity contribution in [1.82, 2.24) is 5.32 Å². The fraction of sp³-hybridized carbons (Fsp3) is 0.333. The maximum absolute atomic E-state index is 5.29. The Balaban J connectivity index is 2.05. The van der Waals surface area contributed by atoms with Gasteiger partial charge < -0.3 is 10.1 Å². The van der Waals surface area contributed by atoms with Crippen LogP contribution in [0.2, 0.25) is 0 Å². The smallest absolute Gasteiger partial charge is 0.118 e. The van der Waals surface area contributed by atoms with E-state index in [0.29, 0.717) is 0 Å². The molecule has 0 unspecified atom stereocenters. The van der Waals surface area contributed by atoms with Crippen molar-refractivity contribution < 1.29 is 4.74 Å². The summed E-state index contributed by atoms with van der Waals surface area (Å²) in [6.45, 7) is 2.12. The molecule has 21 heavy (non-hydrogen) atoms. The molecule has 0 spiro atoms. The van der Waals surface area contributed by atoms with Crippen molar-refractivity contribution in [2.75, 3.05) is 20.2 Å². The summed E-state index contributed by atoms with van der Waals surface area (Å²) in [6.07, 6.45) is 2.25. The molecule has 1 aliphatic rings. The van der Waals surface area contributed by atoms with Crippen molar-refractivity contribution in [1.29, 1.82) is 0 Å². The highest BCUT2D eigenvalue weighted by Crippen LogP contribution is 2.41. The second-order valence-corrected chi connectivity index (χ2v) is 6.48. The van der Waals surface area contributed by atoms with Crippen LogP contribution in [0.1, 0.15) is 24.0 Å². The van der Waals surface area contributed by atoms with Crippen molar-refractivity contribution in [3.63, 3.8) is 0 Å². The Labute approximate surface area is 134 Å². The Bertz CT molecular complexity index is 586. The van der Waals surface area contributed by atoms with Gasteiger partial charge in [-0.2, -0.15) is 0 Å². The Hall–Kier alpha value is -1.32. The maximum Gasteiger partial charge on any atom is 0.118 e. The monoisotopic (exact) mass is 345 g/mol. The van der Waals surface area contributed by atoms with Gasteiger partial charge in [0.05, 0.1) is 7.11 Å². The minimum absolute atomic E-state index is 0.109.